The number of quaternary nitrogens is 1. The molecule has 2 aliphatic rings. The number of pyridine rings is 1. The lowest BCUT2D eigenvalue weighted by atomic mass is 10.0. The summed E-state index contributed by atoms with van der Waals surface area (Å²) in [4.78, 5) is 0. The van der Waals surface area contributed by atoms with Gasteiger partial charge in [0.15, 0.2) is 0 Å². The summed E-state index contributed by atoms with van der Waals surface area (Å²) < 4.78 is 31.5. The van der Waals surface area contributed by atoms with Crippen molar-refractivity contribution in [3.8, 4) is 34.4 Å². The molecule has 8 nitrogen and oxygen atoms in total. The monoisotopic (exact) mass is 482 g/mol. The van der Waals surface area contributed by atoms with Crippen LogP contribution in [0.15, 0.2) is 30.3 Å². The molecule has 0 spiro atoms. The highest BCUT2D eigenvalue weighted by Gasteiger charge is 2.45. The van der Waals surface area contributed by atoms with E-state index in [1.165, 1.54) is 12.8 Å². The fourth-order valence-electron chi connectivity index (χ4n) is 5.62. The zero-order chi connectivity index (χ0) is 24.6. The zero-order valence-corrected chi connectivity index (χ0v) is 21.4. The van der Waals surface area contributed by atoms with E-state index >= 15 is 0 Å². The molecule has 0 amide bonds. The van der Waals surface area contributed by atoms with Gasteiger partial charge in [0.25, 0.3) is 5.88 Å². The number of rotatable bonds is 9. The Labute approximate surface area is 206 Å². The summed E-state index contributed by atoms with van der Waals surface area (Å²) in [6.07, 6.45) is 4.65. The Bertz CT molecular complexity index is 1170. The molecule has 1 aliphatic heterocycles. The predicted octanol–water partition coefficient (Wildman–Crippen LogP) is 4.56. The Morgan fingerprint density at radius 1 is 0.943 bits per heavy atom. The van der Waals surface area contributed by atoms with E-state index in [0.717, 1.165) is 65.5 Å². The first-order valence-electron chi connectivity index (χ1n) is 12.3. The molecule has 1 saturated carbocycles. The Morgan fingerprint density at radius 2 is 1.63 bits per heavy atom. The Hall–Kier alpha value is -2.97. The molecule has 0 radical (unpaired) electrons. The number of methoxy groups -OCH3 is 4. The summed E-state index contributed by atoms with van der Waals surface area (Å²) >= 11 is 0. The topological polar surface area (TPSA) is 63.5 Å². The summed E-state index contributed by atoms with van der Waals surface area (Å²) in [5, 5.41) is 4.99. The number of benzene rings is 1. The Morgan fingerprint density at radius 3 is 2.20 bits per heavy atom. The molecule has 8 heteroatoms. The van der Waals surface area contributed by atoms with Crippen molar-refractivity contribution in [2.45, 2.75) is 31.7 Å². The molecule has 188 valence electrons. The maximum Gasteiger partial charge on any atom is 0.296 e. The lowest BCUT2D eigenvalue weighted by Crippen LogP contribution is -2.56. The van der Waals surface area contributed by atoms with Crippen LogP contribution < -0.4 is 23.4 Å². The van der Waals surface area contributed by atoms with Crippen LogP contribution in [0.4, 0.5) is 5.69 Å². The van der Waals surface area contributed by atoms with Crippen LogP contribution in [0.1, 0.15) is 25.7 Å². The van der Waals surface area contributed by atoms with Gasteiger partial charge in [-0.15, -0.1) is 5.10 Å². The molecule has 3 aromatic rings. The highest BCUT2D eigenvalue weighted by molar-refractivity contribution is 5.83. The minimum Gasteiger partial charge on any atom is -0.496 e. The maximum absolute atomic E-state index is 5.95. The lowest BCUT2D eigenvalue weighted by Gasteiger charge is -2.42. The van der Waals surface area contributed by atoms with Crippen molar-refractivity contribution in [3.63, 3.8) is 0 Å². The van der Waals surface area contributed by atoms with E-state index in [9.17, 15) is 0 Å². The molecule has 5 rings (SSSR count). The van der Waals surface area contributed by atoms with Crippen molar-refractivity contribution < 1.29 is 23.7 Å². The van der Waals surface area contributed by atoms with Crippen molar-refractivity contribution in [2.75, 3.05) is 55.2 Å². The minimum atomic E-state index is 0.458. The van der Waals surface area contributed by atoms with E-state index in [1.807, 2.05) is 22.7 Å². The summed E-state index contributed by atoms with van der Waals surface area (Å²) in [6, 6.07) is 10.4. The largest absolute Gasteiger partial charge is 0.496 e. The van der Waals surface area contributed by atoms with Crippen LogP contribution in [0.5, 0.6) is 23.1 Å². The summed E-state index contributed by atoms with van der Waals surface area (Å²) in [7, 11) is 9.01. The van der Waals surface area contributed by atoms with E-state index in [1.54, 1.807) is 28.4 Å². The van der Waals surface area contributed by atoms with E-state index in [2.05, 4.69) is 19.2 Å². The van der Waals surface area contributed by atoms with Crippen molar-refractivity contribution in [1.82, 2.24) is 14.1 Å². The van der Waals surface area contributed by atoms with Crippen LogP contribution in [0.2, 0.25) is 0 Å². The number of ether oxygens (including phenoxy) is 5. The van der Waals surface area contributed by atoms with Crippen molar-refractivity contribution >= 4 is 11.2 Å². The Balaban J connectivity index is 1.73. The van der Waals surface area contributed by atoms with Crippen molar-refractivity contribution in [2.24, 2.45) is 5.92 Å². The summed E-state index contributed by atoms with van der Waals surface area (Å²) in [5.41, 5.74) is 3.86. The maximum atomic E-state index is 5.95. The van der Waals surface area contributed by atoms with Gasteiger partial charge in [-0.05, 0) is 25.0 Å². The van der Waals surface area contributed by atoms with Crippen LogP contribution in [-0.4, -0.2) is 70.9 Å². The highest BCUT2D eigenvalue weighted by Crippen LogP contribution is 2.47. The molecule has 1 atom stereocenters. The number of nitrogens with zero attached hydrogens (tertiary/aromatic N) is 3. The van der Waals surface area contributed by atoms with E-state index in [4.69, 9.17) is 28.8 Å². The molecule has 0 N–H and O–H groups in total. The van der Waals surface area contributed by atoms with Gasteiger partial charge in [0.2, 0.25) is 5.69 Å². The zero-order valence-electron chi connectivity index (χ0n) is 21.4. The van der Waals surface area contributed by atoms with Crippen LogP contribution in [0.3, 0.4) is 0 Å². The molecular weight excluding hydrogens is 446 g/mol. The van der Waals surface area contributed by atoms with Gasteiger partial charge in [-0.2, -0.15) is 0 Å². The molecule has 1 aromatic carbocycles. The Kier molecular flexibility index (Phi) is 6.51. The van der Waals surface area contributed by atoms with Crippen molar-refractivity contribution in [1.29, 1.82) is 0 Å². The van der Waals surface area contributed by atoms with Gasteiger partial charge in [0.1, 0.15) is 22.8 Å². The van der Waals surface area contributed by atoms with Crippen LogP contribution in [0, 0.1) is 5.92 Å². The molecule has 2 fully saturated rings. The first-order valence-corrected chi connectivity index (χ1v) is 12.3. The second kappa shape index (κ2) is 9.59. The van der Waals surface area contributed by atoms with Gasteiger partial charge in [0.05, 0.1) is 72.5 Å². The average Bonchev–Trinajstić information content (AvgIpc) is 3.63. The fraction of sp³-hybridized carbons (Fsp3) is 0.519. The lowest BCUT2D eigenvalue weighted by molar-refractivity contribution is 0.0432. The predicted molar refractivity (Wildman–Crippen MR) is 136 cm³/mol. The molecule has 0 bridgehead atoms. The van der Waals surface area contributed by atoms with Crippen LogP contribution in [0.25, 0.3) is 16.8 Å². The second-order valence-corrected chi connectivity index (χ2v) is 9.71. The molecule has 35 heavy (non-hydrogen) atoms. The normalized spacial score (nSPS) is 18.3. The van der Waals surface area contributed by atoms with E-state index in [-0.39, 0.29) is 0 Å². The third-order valence-electron chi connectivity index (χ3n) is 7.61. The number of aromatic nitrogens is 2. The highest BCUT2D eigenvalue weighted by atomic mass is 16.5. The van der Waals surface area contributed by atoms with E-state index < -0.39 is 0 Å². The fourth-order valence-corrected chi connectivity index (χ4v) is 5.62. The summed E-state index contributed by atoms with van der Waals surface area (Å²) in [5.74, 6) is 3.39. The molecule has 2 aromatic heterocycles. The molecule has 1 saturated heterocycles. The molecule has 1 unspecified atom stereocenters. The van der Waals surface area contributed by atoms with Gasteiger partial charge < -0.3 is 23.7 Å². The van der Waals surface area contributed by atoms with Gasteiger partial charge in [0, 0.05) is 30.9 Å². The van der Waals surface area contributed by atoms with Crippen LogP contribution >= 0.6 is 0 Å². The quantitative estimate of drug-likeness (QED) is 0.417. The molecule has 3 heterocycles. The first kappa shape index (κ1) is 23.8. The number of hydrogen-bond acceptors (Lipinski definition) is 6. The number of fused-ring (bicyclic) bond motifs is 1. The smallest absolute Gasteiger partial charge is 0.296 e. The third kappa shape index (κ3) is 4.19. The molecular formula is C27H36N3O5+. The number of hydrogen-bond donors (Lipinski definition) is 0. The first-order chi connectivity index (χ1) is 17.0. The van der Waals surface area contributed by atoms with Gasteiger partial charge in [-0.25, -0.2) is 4.52 Å². The third-order valence-corrected chi connectivity index (χ3v) is 7.61. The van der Waals surface area contributed by atoms with Crippen LogP contribution in [-0.2, 0) is 4.74 Å². The van der Waals surface area contributed by atoms with Gasteiger partial charge in [-0.3, -0.25) is 4.48 Å². The molecule has 1 aliphatic carbocycles. The summed E-state index contributed by atoms with van der Waals surface area (Å²) in [6.45, 7) is 2.69. The van der Waals surface area contributed by atoms with Crippen molar-refractivity contribution in [3.05, 3.63) is 30.3 Å². The SMILES string of the molecule is COc1cc(OC)c(-c2cccc3c([N+](C)(CC4CC4)C4CCOCC4)c(OC)nn23)c(OC)c1. The van der Waals surface area contributed by atoms with Gasteiger partial charge >= 0.3 is 0 Å². The van der Waals surface area contributed by atoms with E-state index in [0.29, 0.717) is 29.2 Å². The second-order valence-electron chi connectivity index (χ2n) is 9.71. The average molecular weight is 483 g/mol. The standard InChI is InChI=1S/C27H36N3O5/c1-30(17-18-9-10-18,19-11-13-35-14-12-19)26-22-8-6-7-21(29(22)28-27(26)34-5)25-23(32-3)15-20(31-2)16-24(25)33-4/h6-8,15-16,18-19H,9-14,17H2,1-5H3/q+1. The van der Waals surface area contributed by atoms with Gasteiger partial charge in [-0.1, -0.05) is 6.07 Å². The minimum absolute atomic E-state index is 0.458.